The van der Waals surface area contributed by atoms with Gasteiger partial charge in [0.25, 0.3) is 0 Å². The van der Waals surface area contributed by atoms with Gasteiger partial charge in [-0.2, -0.15) is 5.26 Å². The Morgan fingerprint density at radius 2 is 2.21 bits per heavy atom. The van der Waals surface area contributed by atoms with Gasteiger partial charge in [-0.1, -0.05) is 6.07 Å². The van der Waals surface area contributed by atoms with Gasteiger partial charge in [0.05, 0.1) is 12.7 Å². The first-order valence-corrected chi connectivity index (χ1v) is 7.05. The van der Waals surface area contributed by atoms with E-state index >= 15 is 0 Å². The highest BCUT2D eigenvalue weighted by Gasteiger charge is 2.53. The summed E-state index contributed by atoms with van der Waals surface area (Å²) in [5.41, 5.74) is 2.40. The molecule has 100 valence electrons. The average Bonchev–Trinajstić information content (AvgIpc) is 3.30. The Morgan fingerprint density at radius 1 is 1.42 bits per heavy atom. The highest BCUT2D eigenvalue weighted by Crippen LogP contribution is 2.60. The Morgan fingerprint density at radius 3 is 2.79 bits per heavy atom. The van der Waals surface area contributed by atoms with E-state index < -0.39 is 0 Å². The van der Waals surface area contributed by atoms with Gasteiger partial charge in [-0.15, -0.1) is 0 Å². The molecule has 0 aliphatic heterocycles. The van der Waals surface area contributed by atoms with Crippen LogP contribution in [0.2, 0.25) is 0 Å². The van der Waals surface area contributed by atoms with E-state index in [2.05, 4.69) is 11.4 Å². The summed E-state index contributed by atoms with van der Waals surface area (Å²) in [6, 6.07) is 8.01. The number of ether oxygens (including phenoxy) is 1. The SMILES string of the molecule is COc1ccc(CNCC2(C3CC3)CC2)cc1C#N. The van der Waals surface area contributed by atoms with Crippen LogP contribution in [0, 0.1) is 22.7 Å². The molecule has 0 aromatic heterocycles. The first kappa shape index (κ1) is 12.5. The second kappa shape index (κ2) is 4.86. The minimum atomic E-state index is 0.616. The number of hydrogen-bond acceptors (Lipinski definition) is 3. The Hall–Kier alpha value is -1.53. The summed E-state index contributed by atoms with van der Waals surface area (Å²) >= 11 is 0. The van der Waals surface area contributed by atoms with Gasteiger partial charge in [0.1, 0.15) is 11.8 Å². The fraction of sp³-hybridized carbons (Fsp3) is 0.562. The molecule has 1 aromatic carbocycles. The molecule has 2 aliphatic rings. The second-order valence-corrected chi connectivity index (χ2v) is 5.89. The lowest BCUT2D eigenvalue weighted by molar-refractivity contribution is 0.402. The van der Waals surface area contributed by atoms with Crippen molar-refractivity contribution in [2.45, 2.75) is 32.2 Å². The molecule has 3 heteroatoms. The van der Waals surface area contributed by atoms with Crippen LogP contribution in [-0.2, 0) is 6.54 Å². The zero-order valence-corrected chi connectivity index (χ0v) is 11.4. The maximum Gasteiger partial charge on any atom is 0.136 e. The normalized spacial score (nSPS) is 19.8. The summed E-state index contributed by atoms with van der Waals surface area (Å²) in [4.78, 5) is 0. The number of hydrogen-bond donors (Lipinski definition) is 1. The van der Waals surface area contributed by atoms with E-state index in [4.69, 9.17) is 10.00 Å². The molecule has 3 rings (SSSR count). The van der Waals surface area contributed by atoms with Gasteiger partial charge >= 0.3 is 0 Å². The van der Waals surface area contributed by atoms with E-state index in [9.17, 15) is 0 Å². The summed E-state index contributed by atoms with van der Waals surface area (Å²) in [5.74, 6) is 1.65. The van der Waals surface area contributed by atoms with Crippen LogP contribution in [0.4, 0.5) is 0 Å². The van der Waals surface area contributed by atoms with Crippen LogP contribution in [0.3, 0.4) is 0 Å². The lowest BCUT2D eigenvalue weighted by Gasteiger charge is -2.15. The third-order valence-corrected chi connectivity index (χ3v) is 4.53. The van der Waals surface area contributed by atoms with Crippen molar-refractivity contribution in [3.05, 3.63) is 29.3 Å². The number of nitriles is 1. The fourth-order valence-electron chi connectivity index (χ4n) is 2.99. The average molecular weight is 256 g/mol. The predicted molar refractivity (Wildman–Crippen MR) is 73.8 cm³/mol. The molecule has 1 N–H and O–H groups in total. The number of nitrogens with one attached hydrogen (secondary N) is 1. The van der Waals surface area contributed by atoms with Gasteiger partial charge in [0.2, 0.25) is 0 Å². The zero-order valence-electron chi connectivity index (χ0n) is 11.4. The van der Waals surface area contributed by atoms with Gasteiger partial charge in [0, 0.05) is 13.1 Å². The quantitative estimate of drug-likeness (QED) is 0.851. The van der Waals surface area contributed by atoms with Gasteiger partial charge < -0.3 is 10.1 Å². The monoisotopic (exact) mass is 256 g/mol. The summed E-state index contributed by atoms with van der Waals surface area (Å²) in [5, 5.41) is 12.6. The van der Waals surface area contributed by atoms with Crippen molar-refractivity contribution in [3.63, 3.8) is 0 Å². The number of methoxy groups -OCH3 is 1. The molecule has 0 heterocycles. The van der Waals surface area contributed by atoms with E-state index in [-0.39, 0.29) is 0 Å². The minimum absolute atomic E-state index is 0.616. The number of benzene rings is 1. The topological polar surface area (TPSA) is 45.0 Å². The largest absolute Gasteiger partial charge is 0.495 e. The smallest absolute Gasteiger partial charge is 0.136 e. The van der Waals surface area contributed by atoms with E-state index in [0.29, 0.717) is 16.7 Å². The Balaban J connectivity index is 1.56. The molecular formula is C16H20N2O. The van der Waals surface area contributed by atoms with Gasteiger partial charge in [-0.3, -0.25) is 0 Å². The molecule has 19 heavy (non-hydrogen) atoms. The molecule has 0 saturated heterocycles. The Labute approximate surface area is 114 Å². The zero-order chi connectivity index (χ0) is 13.3. The van der Waals surface area contributed by atoms with Gasteiger partial charge in [0.15, 0.2) is 0 Å². The van der Waals surface area contributed by atoms with Crippen LogP contribution in [0.5, 0.6) is 5.75 Å². The highest BCUT2D eigenvalue weighted by atomic mass is 16.5. The molecule has 2 aliphatic carbocycles. The lowest BCUT2D eigenvalue weighted by atomic mass is 10.0. The molecule has 0 unspecified atom stereocenters. The van der Waals surface area contributed by atoms with Crippen LogP contribution < -0.4 is 10.1 Å². The number of rotatable bonds is 6. The molecule has 0 amide bonds. The first-order chi connectivity index (χ1) is 9.27. The van der Waals surface area contributed by atoms with Crippen molar-refractivity contribution >= 4 is 0 Å². The van der Waals surface area contributed by atoms with Crippen LogP contribution >= 0.6 is 0 Å². The van der Waals surface area contributed by atoms with Gasteiger partial charge in [-0.05, 0) is 54.7 Å². The van der Waals surface area contributed by atoms with Crippen molar-refractivity contribution in [3.8, 4) is 11.8 Å². The van der Waals surface area contributed by atoms with Crippen LogP contribution in [0.1, 0.15) is 36.8 Å². The first-order valence-electron chi connectivity index (χ1n) is 7.05. The molecule has 2 saturated carbocycles. The highest BCUT2D eigenvalue weighted by molar-refractivity contribution is 5.45. The van der Waals surface area contributed by atoms with Crippen LogP contribution in [0.25, 0.3) is 0 Å². The second-order valence-electron chi connectivity index (χ2n) is 5.89. The maximum atomic E-state index is 9.07. The Kier molecular flexibility index (Phi) is 3.20. The molecule has 2 fully saturated rings. The van der Waals surface area contributed by atoms with Crippen molar-refractivity contribution in [2.75, 3.05) is 13.7 Å². The Bertz CT molecular complexity index is 510. The molecule has 0 radical (unpaired) electrons. The standard InChI is InChI=1S/C16H20N2O/c1-19-15-5-2-12(8-13(15)9-17)10-18-11-16(6-7-16)14-3-4-14/h2,5,8,14,18H,3-4,6-7,10-11H2,1H3. The fourth-order valence-corrected chi connectivity index (χ4v) is 2.99. The molecule has 0 spiro atoms. The maximum absolute atomic E-state index is 9.07. The lowest BCUT2D eigenvalue weighted by Crippen LogP contribution is -2.25. The summed E-state index contributed by atoms with van der Waals surface area (Å²) in [6.07, 6.45) is 5.67. The minimum Gasteiger partial charge on any atom is -0.495 e. The van der Waals surface area contributed by atoms with E-state index in [1.807, 2.05) is 18.2 Å². The van der Waals surface area contributed by atoms with E-state index in [1.54, 1.807) is 7.11 Å². The molecule has 3 nitrogen and oxygen atoms in total. The van der Waals surface area contributed by atoms with Crippen LogP contribution in [-0.4, -0.2) is 13.7 Å². The van der Waals surface area contributed by atoms with Crippen molar-refractivity contribution < 1.29 is 4.74 Å². The third kappa shape index (κ3) is 2.59. The molecule has 0 atom stereocenters. The van der Waals surface area contributed by atoms with E-state index in [0.717, 1.165) is 24.6 Å². The predicted octanol–water partition coefficient (Wildman–Crippen LogP) is 2.85. The van der Waals surface area contributed by atoms with Gasteiger partial charge in [-0.25, -0.2) is 0 Å². The van der Waals surface area contributed by atoms with Crippen molar-refractivity contribution in [1.82, 2.24) is 5.32 Å². The van der Waals surface area contributed by atoms with Crippen molar-refractivity contribution in [2.24, 2.45) is 11.3 Å². The van der Waals surface area contributed by atoms with E-state index in [1.165, 1.54) is 25.7 Å². The van der Waals surface area contributed by atoms with Crippen molar-refractivity contribution in [1.29, 1.82) is 5.26 Å². The van der Waals surface area contributed by atoms with Crippen LogP contribution in [0.15, 0.2) is 18.2 Å². The number of nitrogens with zero attached hydrogens (tertiary/aromatic N) is 1. The summed E-state index contributed by atoms with van der Waals surface area (Å²) in [7, 11) is 1.60. The molecule has 1 aromatic rings. The summed E-state index contributed by atoms with van der Waals surface area (Å²) in [6.45, 7) is 1.97. The molecule has 0 bridgehead atoms. The molecular weight excluding hydrogens is 236 g/mol. The summed E-state index contributed by atoms with van der Waals surface area (Å²) < 4.78 is 5.16. The third-order valence-electron chi connectivity index (χ3n) is 4.53.